The number of anilines is 1. The van der Waals surface area contributed by atoms with Gasteiger partial charge in [0.1, 0.15) is 12.4 Å². The molecule has 2 rings (SSSR count). The van der Waals surface area contributed by atoms with Crippen LogP contribution in [0.4, 0.5) is 5.69 Å². The van der Waals surface area contributed by atoms with Gasteiger partial charge >= 0.3 is 0 Å². The average molecular weight is 501 g/mol. The minimum atomic E-state index is -3.78. The number of amides is 1. The molecule has 2 N–H and O–H groups in total. The van der Waals surface area contributed by atoms with Gasteiger partial charge in [-0.1, -0.05) is 56.6 Å². The number of nitrogens with one attached hydrogen (secondary N) is 1. The normalized spacial score (nSPS) is 11.4. The van der Waals surface area contributed by atoms with Gasteiger partial charge in [0.05, 0.1) is 20.6 Å². The molecular weight excluding hydrogens is 475 g/mol. The van der Waals surface area contributed by atoms with Crippen LogP contribution in [0.15, 0.2) is 41.8 Å². The Labute approximate surface area is 198 Å². The van der Waals surface area contributed by atoms with E-state index in [1.807, 2.05) is 6.92 Å². The van der Waals surface area contributed by atoms with Crippen LogP contribution in [0.3, 0.4) is 0 Å². The van der Waals surface area contributed by atoms with Crippen LogP contribution in [-0.4, -0.2) is 43.4 Å². The summed E-state index contributed by atoms with van der Waals surface area (Å²) >= 11 is 11.9. The number of benzene rings is 2. The van der Waals surface area contributed by atoms with Crippen molar-refractivity contribution in [2.75, 3.05) is 25.0 Å². The molecule has 0 unspecified atom stereocenters. The first-order chi connectivity index (χ1) is 15.1. The van der Waals surface area contributed by atoms with Crippen molar-refractivity contribution in [1.29, 1.82) is 0 Å². The molecule has 0 aliphatic rings. The number of phenols is 1. The summed E-state index contributed by atoms with van der Waals surface area (Å²) in [4.78, 5) is 13.0. The molecule has 0 aromatic heterocycles. The fraction of sp³-hybridized carbons (Fsp3) is 0.318. The van der Waals surface area contributed by atoms with E-state index >= 15 is 0 Å². The predicted octanol–water partition coefficient (Wildman–Crippen LogP) is 5.11. The van der Waals surface area contributed by atoms with E-state index < -0.39 is 15.9 Å². The number of hydrogen-bond donors (Lipinski definition) is 2. The molecule has 0 saturated carbocycles. The van der Waals surface area contributed by atoms with Crippen molar-refractivity contribution < 1.29 is 23.1 Å². The first kappa shape index (κ1) is 26.0. The Morgan fingerprint density at radius 3 is 2.25 bits per heavy atom. The summed E-state index contributed by atoms with van der Waals surface area (Å²) in [6.07, 6.45) is 2.01. The molecular formula is C22H26Cl2N2O5S. The van der Waals surface area contributed by atoms with Crippen LogP contribution in [0, 0.1) is 0 Å². The van der Waals surface area contributed by atoms with E-state index in [0.717, 1.165) is 0 Å². The zero-order valence-electron chi connectivity index (χ0n) is 18.1. The Balaban J connectivity index is 2.62. The maximum atomic E-state index is 13.1. The number of aromatic hydroxyl groups is 1. The highest BCUT2D eigenvalue weighted by atomic mass is 35.5. The Morgan fingerprint density at radius 2 is 1.75 bits per heavy atom. The van der Waals surface area contributed by atoms with E-state index in [4.69, 9.17) is 27.9 Å². The van der Waals surface area contributed by atoms with E-state index in [-0.39, 0.29) is 38.5 Å². The van der Waals surface area contributed by atoms with Crippen molar-refractivity contribution in [2.24, 2.45) is 0 Å². The molecule has 174 valence electrons. The fourth-order valence-electron chi connectivity index (χ4n) is 3.08. The number of sulfonamides is 1. The van der Waals surface area contributed by atoms with Gasteiger partial charge in [-0.05, 0) is 36.2 Å². The molecule has 0 saturated heterocycles. The van der Waals surface area contributed by atoms with Crippen LogP contribution < -0.4 is 10.1 Å². The van der Waals surface area contributed by atoms with Gasteiger partial charge in [0.2, 0.25) is 10.0 Å². The SMILES string of the molecule is C=CCOc1c(CC)cc(S(=O)(=O)N(CC)CC)cc1NC(=O)c1cc(Cl)c(O)c(Cl)c1. The van der Waals surface area contributed by atoms with Crippen LogP contribution in [-0.2, 0) is 16.4 Å². The molecule has 2 aromatic rings. The number of nitrogens with zero attached hydrogens (tertiary/aromatic N) is 1. The number of rotatable bonds is 10. The third-order valence-electron chi connectivity index (χ3n) is 4.74. The topological polar surface area (TPSA) is 95.9 Å². The van der Waals surface area contributed by atoms with Gasteiger partial charge in [0.15, 0.2) is 5.75 Å². The average Bonchev–Trinajstić information content (AvgIpc) is 2.76. The molecule has 0 radical (unpaired) electrons. The summed E-state index contributed by atoms with van der Waals surface area (Å²) in [7, 11) is -3.78. The van der Waals surface area contributed by atoms with Crippen molar-refractivity contribution in [1.82, 2.24) is 4.31 Å². The standard InChI is InChI=1S/C22H26Cl2N2O5S/c1-5-9-31-21-14(6-2)10-16(32(29,30)26(7-3)8-4)13-19(21)25-22(28)15-11-17(23)20(27)18(24)12-15/h5,10-13,27H,1,6-9H2,2-4H3,(H,25,28). The molecule has 7 nitrogen and oxygen atoms in total. The molecule has 0 bridgehead atoms. The van der Waals surface area contributed by atoms with Gasteiger partial charge in [-0.25, -0.2) is 8.42 Å². The van der Waals surface area contributed by atoms with E-state index in [9.17, 15) is 18.3 Å². The van der Waals surface area contributed by atoms with Gasteiger partial charge in [0, 0.05) is 18.7 Å². The van der Waals surface area contributed by atoms with Gasteiger partial charge < -0.3 is 15.2 Å². The Bertz CT molecular complexity index is 1090. The molecule has 0 atom stereocenters. The second-order valence-corrected chi connectivity index (χ2v) is 9.50. The number of hydrogen-bond acceptors (Lipinski definition) is 5. The third-order valence-corrected chi connectivity index (χ3v) is 7.34. The number of carbonyl (C=O) groups excluding carboxylic acids is 1. The second kappa shape index (κ2) is 11.0. The van der Waals surface area contributed by atoms with Gasteiger partial charge in [-0.15, -0.1) is 0 Å². The summed E-state index contributed by atoms with van der Waals surface area (Å²) in [5, 5.41) is 12.3. The maximum absolute atomic E-state index is 13.1. The maximum Gasteiger partial charge on any atom is 0.255 e. The lowest BCUT2D eigenvalue weighted by molar-refractivity contribution is 0.102. The van der Waals surface area contributed by atoms with Crippen LogP contribution >= 0.6 is 23.2 Å². The Kier molecular flexibility index (Phi) is 8.98. The minimum absolute atomic E-state index is 0.0427. The lowest BCUT2D eigenvalue weighted by Gasteiger charge is -2.22. The first-order valence-corrected chi connectivity index (χ1v) is 12.2. The number of phenolic OH excluding ortho intramolecular Hbond substituents is 1. The molecule has 0 aliphatic heterocycles. The van der Waals surface area contributed by atoms with Crippen LogP contribution in [0.25, 0.3) is 0 Å². The highest BCUT2D eigenvalue weighted by molar-refractivity contribution is 7.89. The summed E-state index contributed by atoms with van der Waals surface area (Å²) in [6.45, 7) is 9.77. The van der Waals surface area contributed by atoms with Crippen molar-refractivity contribution in [2.45, 2.75) is 32.1 Å². The van der Waals surface area contributed by atoms with Crippen molar-refractivity contribution in [3.8, 4) is 11.5 Å². The Morgan fingerprint density at radius 1 is 1.16 bits per heavy atom. The molecule has 1 amide bonds. The first-order valence-electron chi connectivity index (χ1n) is 10.0. The lowest BCUT2D eigenvalue weighted by Crippen LogP contribution is -2.30. The number of halogens is 2. The van der Waals surface area contributed by atoms with E-state index in [1.165, 1.54) is 22.5 Å². The molecule has 10 heteroatoms. The van der Waals surface area contributed by atoms with Crippen molar-refractivity contribution >= 4 is 44.8 Å². The molecule has 0 spiro atoms. The number of carbonyl (C=O) groups is 1. The van der Waals surface area contributed by atoms with E-state index in [1.54, 1.807) is 26.0 Å². The summed E-state index contributed by atoms with van der Waals surface area (Å²) in [5.74, 6) is -0.590. The summed E-state index contributed by atoms with van der Waals surface area (Å²) in [6, 6.07) is 5.45. The fourth-order valence-corrected chi connectivity index (χ4v) is 5.10. The highest BCUT2D eigenvalue weighted by Crippen LogP contribution is 2.36. The molecule has 0 aliphatic carbocycles. The second-order valence-electron chi connectivity index (χ2n) is 6.74. The molecule has 32 heavy (non-hydrogen) atoms. The number of ether oxygens (including phenoxy) is 1. The number of aryl methyl sites for hydroxylation is 1. The lowest BCUT2D eigenvalue weighted by atomic mass is 10.1. The quantitative estimate of drug-likeness (QED) is 0.441. The highest BCUT2D eigenvalue weighted by Gasteiger charge is 2.25. The zero-order chi connectivity index (χ0) is 24.1. The largest absolute Gasteiger partial charge is 0.505 e. The van der Waals surface area contributed by atoms with Gasteiger partial charge in [-0.2, -0.15) is 4.31 Å². The van der Waals surface area contributed by atoms with Crippen LogP contribution in [0.5, 0.6) is 11.5 Å². The van der Waals surface area contributed by atoms with Gasteiger partial charge in [-0.3, -0.25) is 4.79 Å². The molecule has 0 heterocycles. The van der Waals surface area contributed by atoms with Crippen LogP contribution in [0.1, 0.15) is 36.7 Å². The molecule has 2 aromatic carbocycles. The van der Waals surface area contributed by atoms with E-state index in [0.29, 0.717) is 30.8 Å². The summed E-state index contributed by atoms with van der Waals surface area (Å²) in [5.41, 5.74) is 0.877. The Hall–Kier alpha value is -2.26. The minimum Gasteiger partial charge on any atom is -0.505 e. The predicted molar refractivity (Wildman–Crippen MR) is 128 cm³/mol. The monoisotopic (exact) mass is 500 g/mol. The van der Waals surface area contributed by atoms with Gasteiger partial charge in [0.25, 0.3) is 5.91 Å². The third kappa shape index (κ3) is 5.56. The summed E-state index contributed by atoms with van der Waals surface area (Å²) < 4.78 is 33.3. The van der Waals surface area contributed by atoms with Crippen molar-refractivity contribution in [3.05, 3.63) is 58.1 Å². The smallest absolute Gasteiger partial charge is 0.255 e. The van der Waals surface area contributed by atoms with Crippen LogP contribution in [0.2, 0.25) is 10.0 Å². The molecule has 0 fully saturated rings. The zero-order valence-corrected chi connectivity index (χ0v) is 20.4. The van der Waals surface area contributed by atoms with E-state index in [2.05, 4.69) is 11.9 Å². The van der Waals surface area contributed by atoms with Crippen molar-refractivity contribution in [3.63, 3.8) is 0 Å².